The highest BCUT2D eigenvalue weighted by atomic mass is 15.0. The first kappa shape index (κ1) is 31.6. The third-order valence-corrected chi connectivity index (χ3v) is 10.6. The summed E-state index contributed by atoms with van der Waals surface area (Å²) >= 11 is 0. The summed E-state index contributed by atoms with van der Waals surface area (Å²) < 4.78 is 4.20. The Kier molecular flexibility index (Phi) is 7.85. The lowest BCUT2D eigenvalue weighted by atomic mass is 9.96. The molecule has 8 bridgehead atoms. The zero-order valence-corrected chi connectivity index (χ0v) is 30.0. The van der Waals surface area contributed by atoms with Crippen molar-refractivity contribution in [3.63, 3.8) is 0 Å². The molecule has 0 aromatic carbocycles. The van der Waals surface area contributed by atoms with Gasteiger partial charge in [0.1, 0.15) is 0 Å². The van der Waals surface area contributed by atoms with E-state index in [1.165, 1.54) is 44.5 Å². The van der Waals surface area contributed by atoms with Gasteiger partial charge in [0.15, 0.2) is 0 Å². The molecule has 2 aliphatic heterocycles. The van der Waals surface area contributed by atoms with Crippen LogP contribution in [0.15, 0.2) is 37.2 Å². The Bertz CT molecular complexity index is 2220. The van der Waals surface area contributed by atoms with E-state index in [9.17, 15) is 0 Å². The molecule has 5 aromatic heterocycles. The molecule has 0 amide bonds. The molecule has 48 heavy (non-hydrogen) atoms. The number of aromatic nitrogens is 8. The third kappa shape index (κ3) is 4.64. The van der Waals surface area contributed by atoms with Gasteiger partial charge in [0.25, 0.3) is 0 Å². The zero-order valence-electron chi connectivity index (χ0n) is 30.0. The van der Waals surface area contributed by atoms with Gasteiger partial charge < -0.3 is 19.1 Å². The van der Waals surface area contributed by atoms with Crippen molar-refractivity contribution in [3.8, 4) is 22.5 Å². The molecule has 0 saturated heterocycles. The molecule has 8 heteroatoms. The zero-order chi connectivity index (χ0) is 34.0. The van der Waals surface area contributed by atoms with Crippen LogP contribution in [0.5, 0.6) is 0 Å². The van der Waals surface area contributed by atoms with Crippen LogP contribution in [-0.4, -0.2) is 39.0 Å². The van der Waals surface area contributed by atoms with Crippen LogP contribution in [-0.2, 0) is 26.9 Å². The van der Waals surface area contributed by atoms with Crippen LogP contribution in [0, 0.1) is 13.8 Å². The van der Waals surface area contributed by atoms with Gasteiger partial charge in [-0.2, -0.15) is 0 Å². The Morgan fingerprint density at radius 3 is 1.35 bits per heavy atom. The molecule has 0 aliphatic carbocycles. The number of allylic oxidation sites excluding steroid dienone is 4. The molecule has 0 saturated carbocycles. The molecule has 7 heterocycles. The van der Waals surface area contributed by atoms with Crippen LogP contribution < -0.4 is 0 Å². The largest absolute Gasteiger partial charge is 0.354 e. The van der Waals surface area contributed by atoms with Crippen molar-refractivity contribution in [3.05, 3.63) is 82.2 Å². The quantitative estimate of drug-likeness (QED) is 0.194. The fourth-order valence-electron chi connectivity index (χ4n) is 8.01. The Hall–Kier alpha value is -4.98. The smallest absolute Gasteiger partial charge is 0.0948 e. The highest BCUT2D eigenvalue weighted by molar-refractivity contribution is 6.02. The summed E-state index contributed by atoms with van der Waals surface area (Å²) in [6.45, 7) is 17.8. The number of nitrogens with zero attached hydrogens (tertiary/aromatic N) is 6. The first-order valence-electron chi connectivity index (χ1n) is 17.3. The predicted molar refractivity (Wildman–Crippen MR) is 199 cm³/mol. The van der Waals surface area contributed by atoms with Gasteiger partial charge in [-0.3, -0.25) is 0 Å². The number of aryl methyl sites for hydroxylation is 6. The summed E-state index contributed by atoms with van der Waals surface area (Å²) in [7, 11) is 4.12. The van der Waals surface area contributed by atoms with Crippen LogP contribution in [0.2, 0.25) is 0 Å². The average Bonchev–Trinajstić information content (AvgIpc) is 3.90. The SMILES string of the molecule is CCC1=C(C)c2nc1cc1[nH]c(c(C)c1CC)c(-c1cncn1C)c1[nH]c(cc3nc(c2-c2cncn2C)C(C)=C3CC)c(CC)c1C. The first-order valence-corrected chi connectivity index (χ1v) is 17.3. The standard InChI is InChI=1S/C40H46N8/c1-11-25-21(5)37-35(33-17-41-19-47(33)9)38-23(7)27(13-3)31(45-38)16-32-28(14-4)24(8)40(46-32)36(34-18-42-20-48(34)10)39-22(6)26(12-2)30(44-39)15-29(25)43-37/h15-20,43,45H,11-14H2,1-10H3. The molecule has 0 fully saturated rings. The number of nitrogens with one attached hydrogen (secondary N) is 2. The molecule has 0 radical (unpaired) electrons. The second kappa shape index (κ2) is 11.9. The van der Waals surface area contributed by atoms with Crippen LogP contribution in [0.4, 0.5) is 0 Å². The van der Waals surface area contributed by atoms with Gasteiger partial charge in [-0.25, -0.2) is 19.9 Å². The number of H-pyrrole nitrogens is 2. The van der Waals surface area contributed by atoms with E-state index in [-0.39, 0.29) is 0 Å². The number of hydrogen-bond acceptors (Lipinski definition) is 4. The Balaban J connectivity index is 1.79. The molecule has 2 aliphatic rings. The number of hydrogen-bond donors (Lipinski definition) is 2. The van der Waals surface area contributed by atoms with Gasteiger partial charge in [0, 0.05) is 30.7 Å². The minimum atomic E-state index is 0.875. The first-order chi connectivity index (χ1) is 23.1. The second-order valence-electron chi connectivity index (χ2n) is 13.2. The predicted octanol–water partition coefficient (Wildman–Crippen LogP) is 9.54. The maximum atomic E-state index is 5.46. The van der Waals surface area contributed by atoms with Crippen LogP contribution in [0.1, 0.15) is 99.4 Å². The van der Waals surface area contributed by atoms with E-state index in [4.69, 9.17) is 9.97 Å². The fraction of sp³-hybridized carbons (Fsp3) is 0.350. The number of fused-ring (bicyclic) bond motifs is 8. The number of aromatic amines is 2. The van der Waals surface area contributed by atoms with E-state index in [1.807, 2.05) is 25.0 Å². The van der Waals surface area contributed by atoms with E-state index in [0.29, 0.717) is 0 Å². The monoisotopic (exact) mass is 638 g/mol. The van der Waals surface area contributed by atoms with Crippen LogP contribution in [0.25, 0.3) is 66.9 Å². The molecule has 0 spiro atoms. The van der Waals surface area contributed by atoms with E-state index < -0.39 is 0 Å². The molecule has 7 rings (SSSR count). The van der Waals surface area contributed by atoms with Crippen molar-refractivity contribution in [1.82, 2.24) is 39.0 Å². The molecule has 8 nitrogen and oxygen atoms in total. The van der Waals surface area contributed by atoms with Crippen molar-refractivity contribution >= 4 is 44.4 Å². The van der Waals surface area contributed by atoms with Crippen LogP contribution >= 0.6 is 0 Å². The summed E-state index contributed by atoms with van der Waals surface area (Å²) in [6, 6.07) is 4.54. The van der Waals surface area contributed by atoms with E-state index >= 15 is 0 Å². The highest BCUT2D eigenvalue weighted by Gasteiger charge is 2.27. The van der Waals surface area contributed by atoms with Crippen molar-refractivity contribution < 1.29 is 0 Å². The molecule has 5 aromatic rings. The van der Waals surface area contributed by atoms with E-state index in [2.05, 4.69) is 111 Å². The van der Waals surface area contributed by atoms with Gasteiger partial charge >= 0.3 is 0 Å². The average molecular weight is 639 g/mol. The topological polar surface area (TPSA) is 93.0 Å². The summed E-state index contributed by atoms with van der Waals surface area (Å²) in [5.74, 6) is 0. The van der Waals surface area contributed by atoms with E-state index in [1.54, 1.807) is 0 Å². The van der Waals surface area contributed by atoms with Gasteiger partial charge in [0.05, 0.1) is 75.8 Å². The minimum absolute atomic E-state index is 0.875. The lowest BCUT2D eigenvalue weighted by molar-refractivity contribution is 0.919. The fourth-order valence-corrected chi connectivity index (χ4v) is 8.01. The third-order valence-electron chi connectivity index (χ3n) is 10.6. The Morgan fingerprint density at radius 2 is 1.00 bits per heavy atom. The van der Waals surface area contributed by atoms with E-state index in [0.717, 1.165) is 93.0 Å². The summed E-state index contributed by atoms with van der Waals surface area (Å²) in [5, 5.41) is 0. The van der Waals surface area contributed by atoms with Crippen molar-refractivity contribution in [1.29, 1.82) is 0 Å². The van der Waals surface area contributed by atoms with Crippen molar-refractivity contribution in [2.45, 2.75) is 81.1 Å². The Morgan fingerprint density at radius 1 is 0.583 bits per heavy atom. The number of imidazole rings is 2. The summed E-state index contributed by atoms with van der Waals surface area (Å²) in [6.07, 6.45) is 11.2. The minimum Gasteiger partial charge on any atom is -0.354 e. The molecule has 0 atom stereocenters. The molecule has 2 N–H and O–H groups in total. The van der Waals surface area contributed by atoms with Gasteiger partial charge in [0.2, 0.25) is 0 Å². The maximum absolute atomic E-state index is 5.46. The van der Waals surface area contributed by atoms with Crippen molar-refractivity contribution in [2.24, 2.45) is 14.1 Å². The second-order valence-corrected chi connectivity index (χ2v) is 13.2. The highest BCUT2D eigenvalue weighted by Crippen LogP contribution is 2.44. The molecule has 246 valence electrons. The lowest BCUT2D eigenvalue weighted by Crippen LogP contribution is -1.97. The molecular formula is C40H46N8. The lowest BCUT2D eigenvalue weighted by Gasteiger charge is -2.10. The van der Waals surface area contributed by atoms with Crippen molar-refractivity contribution in [2.75, 3.05) is 0 Å². The molecular weight excluding hydrogens is 592 g/mol. The van der Waals surface area contributed by atoms with Gasteiger partial charge in [-0.1, -0.05) is 27.7 Å². The number of rotatable bonds is 6. The molecule has 0 unspecified atom stereocenters. The maximum Gasteiger partial charge on any atom is 0.0948 e. The van der Waals surface area contributed by atoms with Gasteiger partial charge in [-0.15, -0.1) is 0 Å². The Labute approximate surface area is 282 Å². The summed E-state index contributed by atoms with van der Waals surface area (Å²) in [4.78, 5) is 27.9. The summed E-state index contributed by atoms with van der Waals surface area (Å²) in [5.41, 5.74) is 22.6. The normalized spacial score (nSPS) is 13.4. The van der Waals surface area contributed by atoms with Crippen LogP contribution in [0.3, 0.4) is 0 Å². The van der Waals surface area contributed by atoms with Gasteiger partial charge in [-0.05, 0) is 110 Å².